The average Bonchev–Trinajstić information content (AvgIpc) is 2.79. The number of rotatable bonds is 2. The van der Waals surface area contributed by atoms with E-state index in [-0.39, 0.29) is 6.04 Å². The van der Waals surface area contributed by atoms with Crippen molar-refractivity contribution in [2.75, 3.05) is 0 Å². The highest BCUT2D eigenvalue weighted by Crippen LogP contribution is 2.22. The predicted molar refractivity (Wildman–Crippen MR) is 71.5 cm³/mol. The number of fused-ring (bicyclic) bond motifs is 1. The summed E-state index contributed by atoms with van der Waals surface area (Å²) in [7, 11) is 0. The van der Waals surface area contributed by atoms with Gasteiger partial charge in [0.2, 0.25) is 0 Å². The third kappa shape index (κ3) is 1.67. The standard InChI is InChI=1S/C14H14N4/c1-10(15)14-17-13-12(8-5-9-16-13)18(14)11-6-3-2-4-7-11/h2-10H,15H2,1H3. The zero-order valence-electron chi connectivity index (χ0n) is 10.1. The van der Waals surface area contributed by atoms with Crippen LogP contribution in [0.1, 0.15) is 18.8 Å². The zero-order valence-corrected chi connectivity index (χ0v) is 10.1. The second-order valence-electron chi connectivity index (χ2n) is 4.28. The van der Waals surface area contributed by atoms with Crippen LogP contribution in [-0.4, -0.2) is 14.5 Å². The Kier molecular flexibility index (Phi) is 2.57. The summed E-state index contributed by atoms with van der Waals surface area (Å²) in [5.74, 6) is 0.829. The fourth-order valence-corrected chi connectivity index (χ4v) is 2.08. The Morgan fingerprint density at radius 3 is 2.61 bits per heavy atom. The van der Waals surface area contributed by atoms with Gasteiger partial charge in [0.05, 0.1) is 11.6 Å². The fourth-order valence-electron chi connectivity index (χ4n) is 2.08. The number of hydrogen-bond acceptors (Lipinski definition) is 3. The van der Waals surface area contributed by atoms with Crippen LogP contribution in [0.5, 0.6) is 0 Å². The van der Waals surface area contributed by atoms with Crippen LogP contribution in [-0.2, 0) is 0 Å². The summed E-state index contributed by atoms with van der Waals surface area (Å²) in [6.07, 6.45) is 1.75. The quantitative estimate of drug-likeness (QED) is 0.746. The van der Waals surface area contributed by atoms with Gasteiger partial charge in [-0.25, -0.2) is 9.97 Å². The number of benzene rings is 1. The zero-order chi connectivity index (χ0) is 12.5. The Hall–Kier alpha value is -2.20. The van der Waals surface area contributed by atoms with Crippen molar-refractivity contribution in [3.05, 3.63) is 54.5 Å². The molecule has 4 nitrogen and oxygen atoms in total. The summed E-state index contributed by atoms with van der Waals surface area (Å²) >= 11 is 0. The molecule has 3 rings (SSSR count). The molecule has 0 fully saturated rings. The van der Waals surface area contributed by atoms with Gasteiger partial charge in [-0.05, 0) is 31.2 Å². The van der Waals surface area contributed by atoms with Gasteiger partial charge in [-0.3, -0.25) is 4.57 Å². The maximum atomic E-state index is 6.00. The maximum absolute atomic E-state index is 6.00. The van der Waals surface area contributed by atoms with Crippen molar-refractivity contribution < 1.29 is 0 Å². The molecule has 3 aromatic rings. The lowest BCUT2D eigenvalue weighted by Crippen LogP contribution is -2.12. The molecule has 0 aliphatic heterocycles. The van der Waals surface area contributed by atoms with E-state index in [1.165, 1.54) is 0 Å². The first-order valence-corrected chi connectivity index (χ1v) is 5.92. The van der Waals surface area contributed by atoms with Crippen molar-refractivity contribution in [1.82, 2.24) is 14.5 Å². The number of hydrogen-bond donors (Lipinski definition) is 1. The van der Waals surface area contributed by atoms with Gasteiger partial charge in [0.25, 0.3) is 0 Å². The normalized spacial score (nSPS) is 12.8. The molecule has 1 atom stereocenters. The number of para-hydroxylation sites is 1. The van der Waals surface area contributed by atoms with E-state index in [1.54, 1.807) is 6.20 Å². The van der Waals surface area contributed by atoms with Crippen LogP contribution < -0.4 is 5.73 Å². The number of pyridine rings is 1. The molecule has 0 bridgehead atoms. The van der Waals surface area contributed by atoms with Gasteiger partial charge >= 0.3 is 0 Å². The molecule has 1 unspecified atom stereocenters. The van der Waals surface area contributed by atoms with Crippen LogP contribution in [0, 0.1) is 0 Å². The Labute approximate surface area is 105 Å². The van der Waals surface area contributed by atoms with Gasteiger partial charge in [-0.2, -0.15) is 0 Å². The Balaban J connectivity index is 2.35. The fraction of sp³-hybridized carbons (Fsp3) is 0.143. The van der Waals surface area contributed by atoms with E-state index in [9.17, 15) is 0 Å². The molecular weight excluding hydrogens is 224 g/mol. The second-order valence-corrected chi connectivity index (χ2v) is 4.28. The van der Waals surface area contributed by atoms with Gasteiger partial charge in [-0.15, -0.1) is 0 Å². The van der Waals surface area contributed by atoms with Crippen LogP contribution in [0.15, 0.2) is 48.7 Å². The van der Waals surface area contributed by atoms with Gasteiger partial charge in [0, 0.05) is 11.9 Å². The molecule has 0 aliphatic rings. The van der Waals surface area contributed by atoms with Crippen LogP contribution in [0.4, 0.5) is 0 Å². The molecule has 0 radical (unpaired) electrons. The Morgan fingerprint density at radius 1 is 1.11 bits per heavy atom. The van der Waals surface area contributed by atoms with Crippen molar-refractivity contribution in [3.8, 4) is 5.69 Å². The van der Waals surface area contributed by atoms with Gasteiger partial charge in [0.1, 0.15) is 5.82 Å². The summed E-state index contributed by atoms with van der Waals surface area (Å²) in [5.41, 5.74) is 8.77. The van der Waals surface area contributed by atoms with Gasteiger partial charge < -0.3 is 5.73 Å². The molecule has 0 saturated carbocycles. The summed E-state index contributed by atoms with van der Waals surface area (Å²) in [6, 6.07) is 13.9. The summed E-state index contributed by atoms with van der Waals surface area (Å²) in [5, 5.41) is 0. The van der Waals surface area contributed by atoms with Crippen LogP contribution in [0.3, 0.4) is 0 Å². The molecule has 0 amide bonds. The molecular formula is C14H14N4. The highest BCUT2D eigenvalue weighted by molar-refractivity contribution is 5.74. The molecule has 90 valence electrons. The minimum atomic E-state index is -0.139. The van der Waals surface area contributed by atoms with E-state index in [0.717, 1.165) is 22.7 Å². The van der Waals surface area contributed by atoms with Crippen LogP contribution >= 0.6 is 0 Å². The molecule has 0 saturated heterocycles. The molecule has 2 N–H and O–H groups in total. The number of nitrogens with two attached hydrogens (primary N) is 1. The largest absolute Gasteiger partial charge is 0.322 e. The molecule has 1 aromatic carbocycles. The molecule has 4 heteroatoms. The second kappa shape index (κ2) is 4.23. The molecule has 2 aromatic heterocycles. The summed E-state index contributed by atoms with van der Waals surface area (Å²) in [4.78, 5) is 8.80. The molecule has 18 heavy (non-hydrogen) atoms. The highest BCUT2D eigenvalue weighted by atomic mass is 15.1. The van der Waals surface area contributed by atoms with Crippen LogP contribution in [0.25, 0.3) is 16.9 Å². The SMILES string of the molecule is CC(N)c1nc2ncccc2n1-c1ccccc1. The average molecular weight is 238 g/mol. The third-order valence-corrected chi connectivity index (χ3v) is 2.88. The lowest BCUT2D eigenvalue weighted by atomic mass is 10.2. The van der Waals surface area contributed by atoms with Crippen LogP contribution in [0.2, 0.25) is 0 Å². The summed E-state index contributed by atoms with van der Waals surface area (Å²) < 4.78 is 2.06. The maximum Gasteiger partial charge on any atom is 0.178 e. The van der Waals surface area contributed by atoms with E-state index < -0.39 is 0 Å². The van der Waals surface area contributed by atoms with Crippen molar-refractivity contribution in [2.24, 2.45) is 5.73 Å². The summed E-state index contributed by atoms with van der Waals surface area (Å²) in [6.45, 7) is 1.93. The van der Waals surface area contributed by atoms with E-state index in [2.05, 4.69) is 14.5 Å². The van der Waals surface area contributed by atoms with Gasteiger partial charge in [0.15, 0.2) is 5.65 Å². The topological polar surface area (TPSA) is 56.7 Å². The molecule has 0 aliphatic carbocycles. The van der Waals surface area contributed by atoms with Crippen molar-refractivity contribution >= 4 is 11.2 Å². The lowest BCUT2D eigenvalue weighted by molar-refractivity contribution is 0.727. The predicted octanol–water partition coefficient (Wildman–Crippen LogP) is 2.44. The van der Waals surface area contributed by atoms with E-state index in [4.69, 9.17) is 5.73 Å². The minimum Gasteiger partial charge on any atom is -0.322 e. The number of aromatic nitrogens is 3. The molecule has 0 spiro atoms. The number of imidazole rings is 1. The van der Waals surface area contributed by atoms with Crippen molar-refractivity contribution in [1.29, 1.82) is 0 Å². The van der Waals surface area contributed by atoms with Crippen molar-refractivity contribution in [2.45, 2.75) is 13.0 Å². The van der Waals surface area contributed by atoms with Crippen molar-refractivity contribution in [3.63, 3.8) is 0 Å². The van der Waals surface area contributed by atoms with E-state index >= 15 is 0 Å². The minimum absolute atomic E-state index is 0.139. The Morgan fingerprint density at radius 2 is 1.89 bits per heavy atom. The Bertz CT molecular complexity index is 671. The van der Waals surface area contributed by atoms with Gasteiger partial charge in [-0.1, -0.05) is 18.2 Å². The van der Waals surface area contributed by atoms with E-state index in [1.807, 2.05) is 49.4 Å². The van der Waals surface area contributed by atoms with E-state index in [0.29, 0.717) is 0 Å². The number of nitrogens with zero attached hydrogens (tertiary/aromatic N) is 3. The first-order chi connectivity index (χ1) is 8.77. The third-order valence-electron chi connectivity index (χ3n) is 2.88. The monoisotopic (exact) mass is 238 g/mol. The first-order valence-electron chi connectivity index (χ1n) is 5.92. The smallest absolute Gasteiger partial charge is 0.178 e. The first kappa shape index (κ1) is 10.9. The molecule has 2 heterocycles. The lowest BCUT2D eigenvalue weighted by Gasteiger charge is -2.10. The highest BCUT2D eigenvalue weighted by Gasteiger charge is 2.15.